The number of rotatable bonds is 2. The molecule has 1 saturated heterocycles. The van der Waals surface area contributed by atoms with Gasteiger partial charge in [-0.2, -0.15) is 0 Å². The average molecular weight is 302 g/mol. The lowest BCUT2D eigenvalue weighted by molar-refractivity contribution is -0.146. The maximum absolute atomic E-state index is 12.5. The molecule has 1 N–H and O–H groups in total. The van der Waals surface area contributed by atoms with Gasteiger partial charge in [0.25, 0.3) is 0 Å². The van der Waals surface area contributed by atoms with Crippen LogP contribution in [0.5, 0.6) is 0 Å². The van der Waals surface area contributed by atoms with Crippen molar-refractivity contribution in [3.8, 4) is 0 Å². The minimum absolute atomic E-state index is 0.0655. The number of anilines is 1. The summed E-state index contributed by atoms with van der Waals surface area (Å²) >= 11 is 0. The lowest BCUT2D eigenvalue weighted by Gasteiger charge is -2.35. The van der Waals surface area contributed by atoms with Gasteiger partial charge in [0, 0.05) is 31.5 Å². The molecule has 2 aromatic heterocycles. The van der Waals surface area contributed by atoms with Crippen molar-refractivity contribution in [2.24, 2.45) is 7.05 Å². The molecule has 2 aromatic rings. The highest BCUT2D eigenvalue weighted by Gasteiger charge is 2.33. The van der Waals surface area contributed by atoms with Crippen LogP contribution in [-0.4, -0.2) is 33.0 Å². The summed E-state index contributed by atoms with van der Waals surface area (Å²) in [7, 11) is 1.95. The number of hydrogen-bond acceptors (Lipinski definition) is 4. The number of carbonyl (C=O) groups excluding carboxylic acids is 2. The Morgan fingerprint density at radius 2 is 2.23 bits per heavy atom. The van der Waals surface area contributed by atoms with Crippen LogP contribution >= 0.6 is 0 Å². The summed E-state index contributed by atoms with van der Waals surface area (Å²) in [4.78, 5) is 26.3. The molecule has 1 atom stereocenters. The Morgan fingerprint density at radius 3 is 2.91 bits per heavy atom. The van der Waals surface area contributed by atoms with Crippen LogP contribution in [0.1, 0.15) is 31.0 Å². The van der Waals surface area contributed by atoms with Crippen LogP contribution in [-0.2, 0) is 16.6 Å². The number of aryl methyl sites for hydroxylation is 1. The molecule has 1 aliphatic heterocycles. The first-order valence-corrected chi connectivity index (χ1v) is 7.30. The third kappa shape index (κ3) is 2.74. The Labute approximate surface area is 127 Å². The maximum atomic E-state index is 12.5. The molecule has 3 rings (SSSR count). The molecule has 116 valence electrons. The van der Waals surface area contributed by atoms with Crippen LogP contribution in [0.25, 0.3) is 0 Å². The summed E-state index contributed by atoms with van der Waals surface area (Å²) in [5.74, 6) is -0.977. The molecular weight excluding hydrogens is 284 g/mol. The fourth-order valence-electron chi connectivity index (χ4n) is 2.88. The highest BCUT2D eigenvalue weighted by atomic mass is 16.5. The van der Waals surface area contributed by atoms with Crippen molar-refractivity contribution in [3.63, 3.8) is 0 Å². The molecule has 1 aliphatic rings. The predicted octanol–water partition coefficient (Wildman–Crippen LogP) is 1.71. The van der Waals surface area contributed by atoms with Gasteiger partial charge in [-0.05, 0) is 31.4 Å². The van der Waals surface area contributed by atoms with E-state index < -0.39 is 11.8 Å². The van der Waals surface area contributed by atoms with Crippen molar-refractivity contribution in [2.75, 3.05) is 11.9 Å². The average Bonchev–Trinajstić information content (AvgIpc) is 3.18. The summed E-state index contributed by atoms with van der Waals surface area (Å²) in [6, 6.07) is 5.37. The van der Waals surface area contributed by atoms with Crippen molar-refractivity contribution < 1.29 is 14.1 Å². The van der Waals surface area contributed by atoms with Crippen LogP contribution in [0.4, 0.5) is 5.82 Å². The molecule has 1 fully saturated rings. The molecule has 0 saturated carbocycles. The molecule has 3 heterocycles. The van der Waals surface area contributed by atoms with E-state index in [9.17, 15) is 9.59 Å². The number of aromatic nitrogens is 2. The standard InChI is InChI=1S/C15H18N4O3/c1-18-8-4-6-11(18)12-5-2-3-9-19(12)15(21)14(20)16-13-7-10-22-17-13/h4,6-8,10,12H,2-3,5,9H2,1H3,(H,16,17,20). The van der Waals surface area contributed by atoms with Gasteiger partial charge in [-0.1, -0.05) is 5.16 Å². The first kappa shape index (κ1) is 14.4. The Bertz CT molecular complexity index is 662. The fraction of sp³-hybridized carbons (Fsp3) is 0.400. The highest BCUT2D eigenvalue weighted by Crippen LogP contribution is 2.31. The molecule has 0 radical (unpaired) electrons. The number of nitrogens with one attached hydrogen (secondary N) is 1. The lowest BCUT2D eigenvalue weighted by Crippen LogP contribution is -2.44. The number of hydrogen-bond donors (Lipinski definition) is 1. The highest BCUT2D eigenvalue weighted by molar-refractivity contribution is 6.39. The number of piperidine rings is 1. The Morgan fingerprint density at radius 1 is 1.36 bits per heavy atom. The fourth-order valence-corrected chi connectivity index (χ4v) is 2.88. The first-order chi connectivity index (χ1) is 10.7. The topological polar surface area (TPSA) is 80.4 Å². The van der Waals surface area contributed by atoms with E-state index in [2.05, 4.69) is 15.0 Å². The Kier molecular flexibility index (Phi) is 3.95. The molecule has 0 bridgehead atoms. The number of nitrogens with zero attached hydrogens (tertiary/aromatic N) is 3. The quantitative estimate of drug-likeness (QED) is 0.856. The summed E-state index contributed by atoms with van der Waals surface area (Å²) in [6.45, 7) is 0.584. The molecule has 7 heteroatoms. The molecule has 22 heavy (non-hydrogen) atoms. The first-order valence-electron chi connectivity index (χ1n) is 7.30. The van der Waals surface area contributed by atoms with Crippen molar-refractivity contribution in [1.29, 1.82) is 0 Å². The molecule has 1 unspecified atom stereocenters. The largest absolute Gasteiger partial charge is 0.363 e. The second-order valence-electron chi connectivity index (χ2n) is 5.39. The minimum atomic E-state index is -0.685. The van der Waals surface area contributed by atoms with Gasteiger partial charge < -0.3 is 14.0 Å². The van der Waals surface area contributed by atoms with E-state index in [1.54, 1.807) is 4.90 Å². The van der Waals surface area contributed by atoms with Gasteiger partial charge in [0.15, 0.2) is 5.82 Å². The smallest absolute Gasteiger partial charge is 0.315 e. The van der Waals surface area contributed by atoms with Crippen molar-refractivity contribution in [2.45, 2.75) is 25.3 Å². The van der Waals surface area contributed by atoms with E-state index in [-0.39, 0.29) is 11.9 Å². The third-order valence-electron chi connectivity index (χ3n) is 3.96. The van der Waals surface area contributed by atoms with Crippen LogP contribution in [0.2, 0.25) is 0 Å². The molecule has 2 amide bonds. The van der Waals surface area contributed by atoms with E-state index in [1.807, 2.05) is 29.9 Å². The van der Waals surface area contributed by atoms with E-state index >= 15 is 0 Å². The van der Waals surface area contributed by atoms with Gasteiger partial charge >= 0.3 is 11.8 Å². The zero-order chi connectivity index (χ0) is 15.5. The van der Waals surface area contributed by atoms with Gasteiger partial charge in [-0.3, -0.25) is 14.9 Å². The summed E-state index contributed by atoms with van der Waals surface area (Å²) < 4.78 is 6.64. The van der Waals surface area contributed by atoms with Crippen molar-refractivity contribution >= 4 is 17.6 Å². The van der Waals surface area contributed by atoms with Gasteiger partial charge in [0.1, 0.15) is 6.26 Å². The van der Waals surface area contributed by atoms with Gasteiger partial charge in [-0.15, -0.1) is 0 Å². The lowest BCUT2D eigenvalue weighted by atomic mass is 9.99. The monoisotopic (exact) mass is 302 g/mol. The molecule has 7 nitrogen and oxygen atoms in total. The maximum Gasteiger partial charge on any atom is 0.315 e. The zero-order valence-corrected chi connectivity index (χ0v) is 12.4. The number of likely N-dealkylation sites (tertiary alicyclic amines) is 1. The predicted molar refractivity (Wildman–Crippen MR) is 78.9 cm³/mol. The van der Waals surface area contributed by atoms with E-state index in [0.717, 1.165) is 25.0 Å². The zero-order valence-electron chi connectivity index (χ0n) is 12.4. The molecule has 0 spiro atoms. The second-order valence-corrected chi connectivity index (χ2v) is 5.39. The van der Waals surface area contributed by atoms with Gasteiger partial charge in [0.05, 0.1) is 6.04 Å². The summed E-state index contributed by atoms with van der Waals surface area (Å²) in [6.07, 6.45) is 6.10. The summed E-state index contributed by atoms with van der Waals surface area (Å²) in [5, 5.41) is 6.04. The van der Waals surface area contributed by atoms with Crippen molar-refractivity contribution in [1.82, 2.24) is 14.6 Å². The van der Waals surface area contributed by atoms with Crippen LogP contribution in [0.15, 0.2) is 35.2 Å². The third-order valence-corrected chi connectivity index (χ3v) is 3.96. The molecule has 0 aliphatic carbocycles. The van der Waals surface area contributed by atoms with Gasteiger partial charge in [-0.25, -0.2) is 0 Å². The van der Waals surface area contributed by atoms with Crippen LogP contribution in [0.3, 0.4) is 0 Å². The van der Waals surface area contributed by atoms with E-state index in [1.165, 1.54) is 12.3 Å². The molecule has 0 aromatic carbocycles. The number of amides is 2. The SMILES string of the molecule is Cn1cccc1C1CCCCN1C(=O)C(=O)Nc1ccon1. The van der Waals surface area contributed by atoms with Crippen LogP contribution in [0, 0.1) is 0 Å². The Hall–Kier alpha value is -2.57. The normalized spacial score (nSPS) is 18.2. The van der Waals surface area contributed by atoms with Gasteiger partial charge in [0.2, 0.25) is 0 Å². The summed E-state index contributed by atoms with van der Waals surface area (Å²) in [5.41, 5.74) is 1.04. The van der Waals surface area contributed by atoms with E-state index in [4.69, 9.17) is 0 Å². The minimum Gasteiger partial charge on any atom is -0.363 e. The van der Waals surface area contributed by atoms with E-state index in [0.29, 0.717) is 6.54 Å². The number of carbonyl (C=O) groups is 2. The Balaban J connectivity index is 1.77. The van der Waals surface area contributed by atoms with Crippen molar-refractivity contribution in [3.05, 3.63) is 36.4 Å². The molecular formula is C15H18N4O3. The van der Waals surface area contributed by atoms with Crippen LogP contribution < -0.4 is 5.32 Å². The second kappa shape index (κ2) is 6.05.